The maximum absolute atomic E-state index is 10.7. The zero-order valence-electron chi connectivity index (χ0n) is 9.60. The van der Waals surface area contributed by atoms with Gasteiger partial charge in [-0.1, -0.05) is 11.8 Å². The smallest absolute Gasteiger partial charge is 0.270 e. The summed E-state index contributed by atoms with van der Waals surface area (Å²) >= 11 is 3.29. The zero-order valence-corrected chi connectivity index (χ0v) is 12.6. The summed E-state index contributed by atoms with van der Waals surface area (Å²) in [5, 5.41) is 22.2. The molecule has 1 rings (SSSR count). The van der Waals surface area contributed by atoms with Crippen molar-refractivity contribution in [3.63, 3.8) is 0 Å². The van der Waals surface area contributed by atoms with Gasteiger partial charge in [0.05, 0.1) is 10.6 Å². The molecule has 0 radical (unpaired) electrons. The third-order valence-corrected chi connectivity index (χ3v) is 3.42. The number of halogens is 1. The first-order valence-corrected chi connectivity index (χ1v) is 7.02. The quantitative estimate of drug-likeness (QED) is 0.163. The number of thioether (sulfide) groups is 1. The van der Waals surface area contributed by atoms with Gasteiger partial charge in [0.2, 0.25) is 0 Å². The summed E-state index contributed by atoms with van der Waals surface area (Å²) in [6, 6.07) is 2.92. The number of nitrogens with one attached hydrogen (secondary N) is 1. The van der Waals surface area contributed by atoms with Crippen LogP contribution in [0.4, 0.5) is 11.4 Å². The van der Waals surface area contributed by atoms with Crippen LogP contribution in [0.3, 0.4) is 0 Å². The lowest BCUT2D eigenvalue weighted by atomic mass is 10.2. The molecule has 0 fully saturated rings. The Balaban J connectivity index is 3.27. The molecule has 1 aromatic rings. The molecule has 0 aliphatic heterocycles. The lowest BCUT2D eigenvalue weighted by molar-refractivity contribution is -0.385. The number of benzene rings is 1. The Bertz CT molecular complexity index is 530. The molecular weight excluding hydrogens is 367 g/mol. The summed E-state index contributed by atoms with van der Waals surface area (Å²) < 4.78 is 0.672. The van der Waals surface area contributed by atoms with Gasteiger partial charge >= 0.3 is 0 Å². The summed E-state index contributed by atoms with van der Waals surface area (Å²) in [7, 11) is 0. The van der Waals surface area contributed by atoms with Crippen LogP contribution in [-0.2, 0) is 0 Å². The molecule has 0 saturated heterocycles. The normalized spacial score (nSPS) is 10.9. The molecule has 0 unspecified atom stereocenters. The number of nitro groups is 1. The second kappa shape index (κ2) is 6.55. The molecule has 0 aliphatic rings. The number of amidine groups is 1. The average molecular weight is 376 g/mol. The standard InChI is InChI=1S/C10H9IN4O2S/c1-6-3-7(15(16)17)4-8(11)9(6)14-10(18-2)13-5-12/h3-4H,1-2H3,(H,13,14). The molecular formula is C10H9IN4O2S. The van der Waals surface area contributed by atoms with E-state index in [1.54, 1.807) is 19.4 Å². The van der Waals surface area contributed by atoms with Crippen molar-refractivity contribution < 1.29 is 4.92 Å². The summed E-state index contributed by atoms with van der Waals surface area (Å²) in [6.45, 7) is 1.75. The lowest BCUT2D eigenvalue weighted by Crippen LogP contribution is -2.12. The van der Waals surface area contributed by atoms with E-state index < -0.39 is 4.92 Å². The van der Waals surface area contributed by atoms with E-state index in [2.05, 4.69) is 10.3 Å². The van der Waals surface area contributed by atoms with Gasteiger partial charge in [0, 0.05) is 15.7 Å². The molecule has 1 N–H and O–H groups in total. The van der Waals surface area contributed by atoms with Crippen LogP contribution in [-0.4, -0.2) is 16.3 Å². The minimum atomic E-state index is -0.439. The molecule has 8 heteroatoms. The molecule has 18 heavy (non-hydrogen) atoms. The second-order valence-corrected chi connectivity index (χ2v) is 5.17. The van der Waals surface area contributed by atoms with Gasteiger partial charge in [0.15, 0.2) is 11.4 Å². The van der Waals surface area contributed by atoms with Gasteiger partial charge in [-0.3, -0.25) is 15.4 Å². The number of non-ortho nitro benzene ring substituents is 1. The first-order chi connectivity index (χ1) is 8.49. The third-order valence-electron chi connectivity index (χ3n) is 2.02. The molecule has 0 aromatic heterocycles. The Kier molecular flexibility index (Phi) is 5.36. The predicted molar refractivity (Wildman–Crippen MR) is 79.9 cm³/mol. The Labute approximate surface area is 122 Å². The Morgan fingerprint density at radius 3 is 2.78 bits per heavy atom. The van der Waals surface area contributed by atoms with Gasteiger partial charge in [-0.2, -0.15) is 5.26 Å². The minimum absolute atomic E-state index is 0.0368. The highest BCUT2D eigenvalue weighted by Gasteiger charge is 2.13. The summed E-state index contributed by atoms with van der Waals surface area (Å²) in [6.07, 6.45) is 3.58. The van der Waals surface area contributed by atoms with Gasteiger partial charge in [0.25, 0.3) is 5.69 Å². The van der Waals surface area contributed by atoms with E-state index in [-0.39, 0.29) is 5.69 Å². The molecule has 0 heterocycles. The fraction of sp³-hybridized carbons (Fsp3) is 0.200. The molecule has 0 bridgehead atoms. The van der Waals surface area contributed by atoms with Crippen LogP contribution < -0.4 is 5.32 Å². The van der Waals surface area contributed by atoms with E-state index >= 15 is 0 Å². The number of hydrogen-bond donors (Lipinski definition) is 1. The molecule has 0 atom stereocenters. The fourth-order valence-electron chi connectivity index (χ4n) is 1.24. The largest absolute Gasteiger partial charge is 0.271 e. The topological polar surface area (TPSA) is 91.3 Å². The maximum Gasteiger partial charge on any atom is 0.270 e. The Morgan fingerprint density at radius 1 is 1.67 bits per heavy atom. The monoisotopic (exact) mass is 376 g/mol. The van der Waals surface area contributed by atoms with E-state index in [9.17, 15) is 10.1 Å². The minimum Gasteiger partial charge on any atom is -0.271 e. The van der Waals surface area contributed by atoms with Crippen LogP contribution >= 0.6 is 34.4 Å². The van der Waals surface area contributed by atoms with Gasteiger partial charge in [-0.25, -0.2) is 4.99 Å². The lowest BCUT2D eigenvalue weighted by Gasteiger charge is -2.05. The Hall–Kier alpha value is -1.34. The van der Waals surface area contributed by atoms with E-state index in [0.717, 1.165) is 0 Å². The van der Waals surface area contributed by atoms with Crippen molar-refractivity contribution in [2.45, 2.75) is 6.92 Å². The van der Waals surface area contributed by atoms with Crippen LogP contribution in [0.2, 0.25) is 0 Å². The van der Waals surface area contributed by atoms with Crippen molar-refractivity contribution in [3.8, 4) is 6.19 Å². The summed E-state index contributed by atoms with van der Waals surface area (Å²) in [5.74, 6) is 0. The van der Waals surface area contributed by atoms with Crippen molar-refractivity contribution in [1.82, 2.24) is 5.32 Å². The first kappa shape index (κ1) is 14.7. The second-order valence-electron chi connectivity index (χ2n) is 3.21. The van der Waals surface area contributed by atoms with E-state index in [0.29, 0.717) is 20.0 Å². The van der Waals surface area contributed by atoms with Crippen LogP contribution in [0.5, 0.6) is 0 Å². The maximum atomic E-state index is 10.7. The van der Waals surface area contributed by atoms with E-state index in [1.165, 1.54) is 23.9 Å². The number of nitrogens with zero attached hydrogens (tertiary/aromatic N) is 3. The molecule has 94 valence electrons. The summed E-state index contributed by atoms with van der Waals surface area (Å²) in [5.41, 5.74) is 1.36. The average Bonchev–Trinajstić information content (AvgIpc) is 2.31. The summed E-state index contributed by atoms with van der Waals surface area (Å²) in [4.78, 5) is 14.5. The molecule has 0 amide bonds. The Morgan fingerprint density at radius 2 is 2.33 bits per heavy atom. The van der Waals surface area contributed by atoms with Gasteiger partial charge in [-0.05, 0) is 41.3 Å². The highest BCUT2D eigenvalue weighted by atomic mass is 127. The van der Waals surface area contributed by atoms with Crippen LogP contribution in [0.25, 0.3) is 0 Å². The van der Waals surface area contributed by atoms with Crippen LogP contribution in [0.1, 0.15) is 5.56 Å². The fourth-order valence-corrected chi connectivity index (χ4v) is 2.43. The molecule has 0 saturated carbocycles. The predicted octanol–water partition coefficient (Wildman–Crippen LogP) is 2.93. The number of nitriles is 1. The van der Waals surface area contributed by atoms with Gasteiger partial charge in [0.1, 0.15) is 0 Å². The van der Waals surface area contributed by atoms with Crippen molar-refractivity contribution in [1.29, 1.82) is 5.26 Å². The van der Waals surface area contributed by atoms with Crippen LogP contribution in [0, 0.1) is 32.1 Å². The number of aryl methyl sites for hydroxylation is 1. The number of rotatable bonds is 2. The highest BCUT2D eigenvalue weighted by Crippen LogP contribution is 2.30. The van der Waals surface area contributed by atoms with Crippen molar-refractivity contribution >= 4 is 50.9 Å². The number of hydrogen-bond acceptors (Lipinski definition) is 5. The van der Waals surface area contributed by atoms with Crippen molar-refractivity contribution in [2.75, 3.05) is 6.26 Å². The molecule has 6 nitrogen and oxygen atoms in total. The number of nitro benzene ring substituents is 1. The molecule has 0 spiro atoms. The van der Waals surface area contributed by atoms with Crippen molar-refractivity contribution in [3.05, 3.63) is 31.4 Å². The molecule has 0 aliphatic carbocycles. The number of aliphatic imine (C=N–C) groups is 1. The van der Waals surface area contributed by atoms with E-state index in [1.807, 2.05) is 22.6 Å². The highest BCUT2D eigenvalue weighted by molar-refractivity contribution is 14.1. The molecule has 1 aromatic carbocycles. The van der Waals surface area contributed by atoms with Crippen LogP contribution in [0.15, 0.2) is 17.1 Å². The third kappa shape index (κ3) is 3.58. The SMILES string of the molecule is CSC(=Nc1c(C)cc([N+](=O)[O-])cc1I)NC#N. The van der Waals surface area contributed by atoms with Crippen molar-refractivity contribution in [2.24, 2.45) is 4.99 Å². The first-order valence-electron chi connectivity index (χ1n) is 4.72. The van der Waals surface area contributed by atoms with Gasteiger partial charge < -0.3 is 0 Å². The van der Waals surface area contributed by atoms with E-state index in [4.69, 9.17) is 5.26 Å². The van der Waals surface area contributed by atoms with Gasteiger partial charge in [-0.15, -0.1) is 0 Å². The zero-order chi connectivity index (χ0) is 13.7.